The second-order valence-corrected chi connectivity index (χ2v) is 6.57. The number of morpholine rings is 1. The monoisotopic (exact) mass is 358 g/mol. The number of allylic oxidation sites excluding steroid dienone is 1. The predicted molar refractivity (Wildman–Crippen MR) is 97.5 cm³/mol. The lowest BCUT2D eigenvalue weighted by Gasteiger charge is -2.33. The lowest BCUT2D eigenvalue weighted by Crippen LogP contribution is -2.48. The van der Waals surface area contributed by atoms with Gasteiger partial charge in [-0.2, -0.15) is 0 Å². The van der Waals surface area contributed by atoms with E-state index in [1.54, 1.807) is 0 Å². The summed E-state index contributed by atoms with van der Waals surface area (Å²) in [6.45, 7) is 2.87. The van der Waals surface area contributed by atoms with Crippen LogP contribution < -0.4 is 5.32 Å². The lowest BCUT2D eigenvalue weighted by atomic mass is 10.1. The molecule has 0 radical (unpaired) electrons. The number of cyclic esters (lactones) is 1. The molecule has 0 saturated carbocycles. The molecule has 1 fully saturated rings. The minimum atomic E-state index is -0.332. The number of hydrogen-bond acceptors (Lipinski definition) is 5. The Morgan fingerprint density at radius 1 is 1.04 bits per heavy atom. The summed E-state index contributed by atoms with van der Waals surface area (Å²) in [5.41, 5.74) is 0.934. The SMILES string of the molecule is O=C1CC/C=C/C[C@@H](N2CCOCC2)C(=O)OC[C@@H](c2ccccc2)N1. The Morgan fingerprint density at radius 3 is 2.58 bits per heavy atom. The van der Waals surface area contributed by atoms with Crippen molar-refractivity contribution in [2.24, 2.45) is 0 Å². The van der Waals surface area contributed by atoms with E-state index in [2.05, 4.69) is 10.2 Å². The third-order valence-electron chi connectivity index (χ3n) is 4.75. The van der Waals surface area contributed by atoms with Gasteiger partial charge in [0.2, 0.25) is 5.91 Å². The van der Waals surface area contributed by atoms with Gasteiger partial charge in [0.15, 0.2) is 0 Å². The number of amides is 1. The van der Waals surface area contributed by atoms with E-state index in [1.807, 2.05) is 42.5 Å². The molecule has 140 valence electrons. The van der Waals surface area contributed by atoms with Crippen LogP contribution in [0.3, 0.4) is 0 Å². The highest BCUT2D eigenvalue weighted by atomic mass is 16.5. The van der Waals surface area contributed by atoms with Crippen LogP contribution in [-0.2, 0) is 19.1 Å². The van der Waals surface area contributed by atoms with Gasteiger partial charge in [0.1, 0.15) is 12.6 Å². The van der Waals surface area contributed by atoms with Crippen LogP contribution in [0.15, 0.2) is 42.5 Å². The molecule has 1 aromatic rings. The van der Waals surface area contributed by atoms with Crippen molar-refractivity contribution in [1.29, 1.82) is 0 Å². The van der Waals surface area contributed by atoms with Gasteiger partial charge < -0.3 is 14.8 Å². The molecule has 2 aliphatic rings. The maximum atomic E-state index is 12.7. The zero-order chi connectivity index (χ0) is 18.2. The maximum absolute atomic E-state index is 12.7. The number of carbonyl (C=O) groups is 2. The first-order valence-electron chi connectivity index (χ1n) is 9.22. The maximum Gasteiger partial charge on any atom is 0.323 e. The Hall–Kier alpha value is -2.18. The molecule has 1 saturated heterocycles. The van der Waals surface area contributed by atoms with Gasteiger partial charge >= 0.3 is 5.97 Å². The number of nitrogens with one attached hydrogen (secondary N) is 1. The molecule has 6 nitrogen and oxygen atoms in total. The average molecular weight is 358 g/mol. The summed E-state index contributed by atoms with van der Waals surface area (Å²) in [6.07, 6.45) is 5.63. The summed E-state index contributed by atoms with van der Waals surface area (Å²) in [6, 6.07) is 8.99. The number of carbonyl (C=O) groups excluding carboxylic acids is 2. The fourth-order valence-electron chi connectivity index (χ4n) is 3.28. The summed E-state index contributed by atoms with van der Waals surface area (Å²) < 4.78 is 11.0. The molecule has 26 heavy (non-hydrogen) atoms. The summed E-state index contributed by atoms with van der Waals surface area (Å²) in [4.78, 5) is 27.0. The van der Waals surface area contributed by atoms with Gasteiger partial charge in [-0.3, -0.25) is 14.5 Å². The number of benzene rings is 1. The predicted octanol–water partition coefficient (Wildman–Crippen LogP) is 1.83. The molecule has 2 atom stereocenters. The van der Waals surface area contributed by atoms with E-state index in [0.29, 0.717) is 32.5 Å². The molecule has 0 aromatic heterocycles. The van der Waals surface area contributed by atoms with Gasteiger partial charge in [0, 0.05) is 19.5 Å². The molecule has 0 aliphatic carbocycles. The summed E-state index contributed by atoms with van der Waals surface area (Å²) in [7, 11) is 0. The van der Waals surface area contributed by atoms with Crippen molar-refractivity contribution in [3.63, 3.8) is 0 Å². The van der Waals surface area contributed by atoms with Gasteiger partial charge in [0.05, 0.1) is 19.3 Å². The van der Waals surface area contributed by atoms with Crippen molar-refractivity contribution in [2.75, 3.05) is 32.9 Å². The Labute approximate surface area is 154 Å². The number of nitrogens with zero attached hydrogens (tertiary/aromatic N) is 1. The fourth-order valence-corrected chi connectivity index (χ4v) is 3.28. The lowest BCUT2D eigenvalue weighted by molar-refractivity contribution is -0.153. The van der Waals surface area contributed by atoms with E-state index >= 15 is 0 Å². The number of rotatable bonds is 2. The molecule has 2 heterocycles. The molecule has 1 amide bonds. The standard InChI is InChI=1S/C20H26N2O4/c23-19-10-6-2-5-9-18(22-11-13-25-14-12-22)20(24)26-15-17(21-19)16-7-3-1-4-8-16/h1-5,7-8,17-18H,6,9-15H2,(H,21,23)/b5-2+/t17-,18+/m0/s1. The molecule has 2 aliphatic heterocycles. The molecule has 0 unspecified atom stereocenters. The molecule has 3 rings (SSSR count). The van der Waals surface area contributed by atoms with Gasteiger partial charge in [-0.15, -0.1) is 0 Å². The normalized spacial score (nSPS) is 27.5. The van der Waals surface area contributed by atoms with Crippen LogP contribution in [-0.4, -0.2) is 55.7 Å². The Balaban J connectivity index is 1.74. The smallest absolute Gasteiger partial charge is 0.323 e. The second-order valence-electron chi connectivity index (χ2n) is 6.57. The van der Waals surface area contributed by atoms with Gasteiger partial charge in [0.25, 0.3) is 0 Å². The van der Waals surface area contributed by atoms with Crippen LogP contribution in [0.5, 0.6) is 0 Å². The van der Waals surface area contributed by atoms with Crippen LogP contribution in [0.25, 0.3) is 0 Å². The minimum absolute atomic E-state index is 0.0372. The van der Waals surface area contributed by atoms with Crippen LogP contribution in [0.4, 0.5) is 0 Å². The molecular weight excluding hydrogens is 332 g/mol. The van der Waals surface area contributed by atoms with Crippen molar-refractivity contribution >= 4 is 11.9 Å². The van der Waals surface area contributed by atoms with Crippen molar-refractivity contribution in [3.05, 3.63) is 48.0 Å². The Bertz CT molecular complexity index is 626. The van der Waals surface area contributed by atoms with E-state index in [4.69, 9.17) is 9.47 Å². The molecule has 6 heteroatoms. The van der Waals surface area contributed by atoms with Crippen LogP contribution in [0.1, 0.15) is 30.9 Å². The first kappa shape index (κ1) is 18.6. The zero-order valence-electron chi connectivity index (χ0n) is 14.9. The first-order chi connectivity index (χ1) is 12.7. The topological polar surface area (TPSA) is 67.9 Å². The fraction of sp³-hybridized carbons (Fsp3) is 0.500. The number of hydrogen-bond donors (Lipinski definition) is 1. The second kappa shape index (κ2) is 9.50. The Morgan fingerprint density at radius 2 is 1.81 bits per heavy atom. The number of esters is 1. The summed E-state index contributed by atoms with van der Waals surface area (Å²) >= 11 is 0. The minimum Gasteiger partial charge on any atom is -0.462 e. The van der Waals surface area contributed by atoms with E-state index in [9.17, 15) is 9.59 Å². The quantitative estimate of drug-likeness (QED) is 0.645. The van der Waals surface area contributed by atoms with E-state index < -0.39 is 0 Å². The van der Waals surface area contributed by atoms with Crippen LogP contribution in [0, 0.1) is 0 Å². The molecule has 1 aromatic carbocycles. The molecular formula is C20H26N2O4. The average Bonchev–Trinajstić information content (AvgIpc) is 2.68. The third kappa shape index (κ3) is 5.16. The summed E-state index contributed by atoms with van der Waals surface area (Å²) in [5, 5.41) is 2.98. The highest BCUT2D eigenvalue weighted by molar-refractivity contribution is 5.77. The third-order valence-corrected chi connectivity index (χ3v) is 4.75. The van der Waals surface area contributed by atoms with Crippen molar-refractivity contribution in [2.45, 2.75) is 31.3 Å². The highest BCUT2D eigenvalue weighted by Gasteiger charge is 2.29. The van der Waals surface area contributed by atoms with Crippen molar-refractivity contribution in [3.8, 4) is 0 Å². The van der Waals surface area contributed by atoms with Gasteiger partial charge in [-0.05, 0) is 18.4 Å². The first-order valence-corrected chi connectivity index (χ1v) is 9.22. The highest BCUT2D eigenvalue weighted by Crippen LogP contribution is 2.17. The van der Waals surface area contributed by atoms with Crippen LogP contribution in [0.2, 0.25) is 0 Å². The van der Waals surface area contributed by atoms with Crippen molar-refractivity contribution in [1.82, 2.24) is 10.2 Å². The Kier molecular flexibility index (Phi) is 6.80. The van der Waals surface area contributed by atoms with Crippen molar-refractivity contribution < 1.29 is 19.1 Å². The van der Waals surface area contributed by atoms with E-state index in [-0.39, 0.29) is 30.6 Å². The van der Waals surface area contributed by atoms with E-state index in [1.165, 1.54) is 0 Å². The number of ether oxygens (including phenoxy) is 2. The molecule has 0 bridgehead atoms. The van der Waals surface area contributed by atoms with Gasteiger partial charge in [-0.25, -0.2) is 0 Å². The molecule has 1 N–H and O–H groups in total. The van der Waals surface area contributed by atoms with Crippen LogP contribution >= 0.6 is 0 Å². The largest absolute Gasteiger partial charge is 0.462 e. The van der Waals surface area contributed by atoms with Gasteiger partial charge in [-0.1, -0.05) is 42.5 Å². The molecule has 0 spiro atoms. The van der Waals surface area contributed by atoms with E-state index in [0.717, 1.165) is 18.7 Å². The summed E-state index contributed by atoms with van der Waals surface area (Å²) in [5.74, 6) is -0.280. The zero-order valence-corrected chi connectivity index (χ0v) is 14.9.